The average molecular weight is 259 g/mol. The lowest BCUT2D eigenvalue weighted by Crippen LogP contribution is -2.26. The van der Waals surface area contributed by atoms with Crippen LogP contribution in [0.2, 0.25) is 0 Å². The van der Waals surface area contributed by atoms with Gasteiger partial charge in [0.25, 0.3) is 0 Å². The van der Waals surface area contributed by atoms with Gasteiger partial charge in [-0.05, 0) is 31.0 Å². The summed E-state index contributed by atoms with van der Waals surface area (Å²) in [5.41, 5.74) is 0.851. The number of furan rings is 1. The molecular formula is C16H21NO2. The van der Waals surface area contributed by atoms with E-state index in [0.717, 1.165) is 30.0 Å². The number of nitrogens with zero attached hydrogens (tertiary/aromatic N) is 1. The third kappa shape index (κ3) is 2.67. The van der Waals surface area contributed by atoms with Crippen molar-refractivity contribution in [3.8, 4) is 0 Å². The van der Waals surface area contributed by atoms with E-state index in [0.29, 0.717) is 12.3 Å². The van der Waals surface area contributed by atoms with E-state index >= 15 is 0 Å². The Morgan fingerprint density at radius 3 is 3.00 bits per heavy atom. The van der Waals surface area contributed by atoms with Gasteiger partial charge < -0.3 is 14.4 Å². The lowest BCUT2D eigenvalue weighted by molar-refractivity contribution is 0.105. The Bertz CT molecular complexity index is 515. The highest BCUT2D eigenvalue weighted by Crippen LogP contribution is 2.26. The second-order valence-electron chi connectivity index (χ2n) is 5.52. The fraction of sp³-hybridized carbons (Fsp3) is 0.500. The van der Waals surface area contributed by atoms with Crippen LogP contribution in [0.4, 0.5) is 0 Å². The standard InChI is InChI=1S/C16H21NO2/c1-2-12-7-8-17(10-12)11-14(18)16-9-13-5-3-4-6-15(13)19-16/h3-6,9,12,14,18H,2,7-8,10-11H2,1H3. The number of aliphatic hydroxyl groups excluding tert-OH is 1. The molecule has 1 aromatic heterocycles. The minimum atomic E-state index is -0.525. The highest BCUT2D eigenvalue weighted by atomic mass is 16.4. The van der Waals surface area contributed by atoms with Crippen molar-refractivity contribution < 1.29 is 9.52 Å². The number of fused-ring (bicyclic) bond motifs is 1. The number of hydrogen-bond acceptors (Lipinski definition) is 3. The zero-order valence-electron chi connectivity index (χ0n) is 11.4. The molecule has 1 aromatic carbocycles. The normalized spacial score (nSPS) is 22.1. The fourth-order valence-electron chi connectivity index (χ4n) is 2.91. The minimum absolute atomic E-state index is 0.525. The number of benzene rings is 1. The molecule has 2 unspecified atom stereocenters. The molecule has 1 saturated heterocycles. The summed E-state index contributed by atoms with van der Waals surface area (Å²) in [7, 11) is 0. The molecular weight excluding hydrogens is 238 g/mol. The topological polar surface area (TPSA) is 36.6 Å². The molecule has 0 aliphatic carbocycles. The van der Waals surface area contributed by atoms with Gasteiger partial charge in [-0.2, -0.15) is 0 Å². The molecule has 3 rings (SSSR count). The average Bonchev–Trinajstić information content (AvgIpc) is 3.04. The van der Waals surface area contributed by atoms with Crippen LogP contribution in [0.15, 0.2) is 34.7 Å². The minimum Gasteiger partial charge on any atom is -0.458 e. The first kappa shape index (κ1) is 12.7. The van der Waals surface area contributed by atoms with Gasteiger partial charge in [-0.1, -0.05) is 31.5 Å². The fourth-order valence-corrected chi connectivity index (χ4v) is 2.91. The van der Waals surface area contributed by atoms with Crippen molar-refractivity contribution in [2.75, 3.05) is 19.6 Å². The summed E-state index contributed by atoms with van der Waals surface area (Å²) in [6.07, 6.45) is 1.96. The van der Waals surface area contributed by atoms with Gasteiger partial charge in [0, 0.05) is 18.5 Å². The predicted octanol–water partition coefficient (Wildman–Crippen LogP) is 3.20. The molecule has 0 radical (unpaired) electrons. The predicted molar refractivity (Wildman–Crippen MR) is 76.0 cm³/mol. The molecule has 1 fully saturated rings. The van der Waals surface area contributed by atoms with Gasteiger partial charge in [-0.15, -0.1) is 0 Å². The molecule has 0 spiro atoms. The Labute approximate surface area is 113 Å². The van der Waals surface area contributed by atoms with E-state index in [1.165, 1.54) is 12.8 Å². The van der Waals surface area contributed by atoms with E-state index in [-0.39, 0.29) is 0 Å². The maximum absolute atomic E-state index is 10.3. The van der Waals surface area contributed by atoms with Gasteiger partial charge in [-0.25, -0.2) is 0 Å². The van der Waals surface area contributed by atoms with Crippen LogP contribution in [0.5, 0.6) is 0 Å². The molecule has 0 amide bonds. The zero-order valence-corrected chi connectivity index (χ0v) is 11.4. The number of rotatable bonds is 4. The smallest absolute Gasteiger partial charge is 0.135 e. The molecule has 19 heavy (non-hydrogen) atoms. The summed E-state index contributed by atoms with van der Waals surface area (Å²) in [6, 6.07) is 9.84. The molecule has 0 bridgehead atoms. The highest BCUT2D eigenvalue weighted by Gasteiger charge is 2.24. The number of β-amino-alcohol motifs (C(OH)–C–C–N with tert-alkyl or cyclic N) is 1. The summed E-state index contributed by atoms with van der Waals surface area (Å²) in [5, 5.41) is 11.4. The summed E-state index contributed by atoms with van der Waals surface area (Å²) < 4.78 is 5.72. The van der Waals surface area contributed by atoms with Gasteiger partial charge in [0.2, 0.25) is 0 Å². The Hall–Kier alpha value is -1.32. The van der Waals surface area contributed by atoms with Crippen molar-refractivity contribution in [3.05, 3.63) is 36.1 Å². The summed E-state index contributed by atoms with van der Waals surface area (Å²) in [5.74, 6) is 1.48. The second-order valence-corrected chi connectivity index (χ2v) is 5.52. The van der Waals surface area contributed by atoms with Crippen LogP contribution in [0.3, 0.4) is 0 Å². The van der Waals surface area contributed by atoms with Crippen molar-refractivity contribution in [1.29, 1.82) is 0 Å². The number of aliphatic hydroxyl groups is 1. The van der Waals surface area contributed by atoms with Crippen LogP contribution in [0, 0.1) is 5.92 Å². The SMILES string of the molecule is CCC1CCN(CC(O)c2cc3ccccc3o2)C1. The van der Waals surface area contributed by atoms with Crippen molar-refractivity contribution >= 4 is 11.0 Å². The first-order chi connectivity index (χ1) is 9.26. The Kier molecular flexibility index (Phi) is 3.58. The van der Waals surface area contributed by atoms with E-state index in [4.69, 9.17) is 4.42 Å². The van der Waals surface area contributed by atoms with E-state index in [9.17, 15) is 5.11 Å². The molecule has 2 aromatic rings. The van der Waals surface area contributed by atoms with Crippen LogP contribution >= 0.6 is 0 Å². The number of hydrogen-bond donors (Lipinski definition) is 1. The summed E-state index contributed by atoms with van der Waals surface area (Å²) in [4.78, 5) is 2.34. The van der Waals surface area contributed by atoms with Crippen LogP contribution in [-0.2, 0) is 0 Å². The van der Waals surface area contributed by atoms with E-state index < -0.39 is 6.10 Å². The Morgan fingerprint density at radius 1 is 1.42 bits per heavy atom. The van der Waals surface area contributed by atoms with Crippen molar-refractivity contribution in [1.82, 2.24) is 4.90 Å². The van der Waals surface area contributed by atoms with Gasteiger partial charge in [0.15, 0.2) is 0 Å². The van der Waals surface area contributed by atoms with Crippen molar-refractivity contribution in [3.63, 3.8) is 0 Å². The van der Waals surface area contributed by atoms with Crippen LogP contribution in [0.25, 0.3) is 11.0 Å². The molecule has 2 atom stereocenters. The molecule has 1 N–H and O–H groups in total. The first-order valence-electron chi connectivity index (χ1n) is 7.15. The van der Waals surface area contributed by atoms with E-state index in [1.54, 1.807) is 0 Å². The van der Waals surface area contributed by atoms with Gasteiger partial charge in [0.05, 0.1) is 0 Å². The Morgan fingerprint density at radius 2 is 2.26 bits per heavy atom. The quantitative estimate of drug-likeness (QED) is 0.916. The highest BCUT2D eigenvalue weighted by molar-refractivity contribution is 5.77. The van der Waals surface area contributed by atoms with Crippen LogP contribution < -0.4 is 0 Å². The van der Waals surface area contributed by atoms with Crippen molar-refractivity contribution in [2.45, 2.75) is 25.9 Å². The number of para-hydroxylation sites is 1. The van der Waals surface area contributed by atoms with E-state index in [2.05, 4.69) is 11.8 Å². The second kappa shape index (κ2) is 5.35. The molecule has 2 heterocycles. The van der Waals surface area contributed by atoms with Crippen molar-refractivity contribution in [2.24, 2.45) is 5.92 Å². The third-order valence-corrected chi connectivity index (χ3v) is 4.15. The maximum Gasteiger partial charge on any atom is 0.135 e. The van der Waals surface area contributed by atoms with Crippen LogP contribution in [0.1, 0.15) is 31.6 Å². The summed E-state index contributed by atoms with van der Waals surface area (Å²) >= 11 is 0. The van der Waals surface area contributed by atoms with Gasteiger partial charge in [0.1, 0.15) is 17.4 Å². The largest absolute Gasteiger partial charge is 0.458 e. The van der Waals surface area contributed by atoms with Gasteiger partial charge >= 0.3 is 0 Å². The number of likely N-dealkylation sites (tertiary alicyclic amines) is 1. The first-order valence-corrected chi connectivity index (χ1v) is 7.15. The Balaban J connectivity index is 1.68. The monoisotopic (exact) mass is 259 g/mol. The van der Waals surface area contributed by atoms with E-state index in [1.807, 2.05) is 30.3 Å². The summed E-state index contributed by atoms with van der Waals surface area (Å²) in [6.45, 7) is 5.11. The van der Waals surface area contributed by atoms with Crippen LogP contribution in [-0.4, -0.2) is 29.6 Å². The molecule has 0 saturated carbocycles. The molecule has 102 valence electrons. The van der Waals surface area contributed by atoms with Gasteiger partial charge in [-0.3, -0.25) is 0 Å². The third-order valence-electron chi connectivity index (χ3n) is 4.15. The molecule has 1 aliphatic rings. The zero-order chi connectivity index (χ0) is 13.2. The molecule has 1 aliphatic heterocycles. The lowest BCUT2D eigenvalue weighted by Gasteiger charge is -2.18. The molecule has 3 nitrogen and oxygen atoms in total. The molecule has 3 heteroatoms. The maximum atomic E-state index is 10.3. The lowest BCUT2D eigenvalue weighted by atomic mass is 10.1.